The number of esters is 1. The molecule has 0 saturated carbocycles. The maximum absolute atomic E-state index is 11.1. The Labute approximate surface area is 179 Å². The van der Waals surface area contributed by atoms with Crippen molar-refractivity contribution in [2.75, 3.05) is 13.1 Å². The molecule has 1 fully saturated rings. The number of carbonyl (C=O) groups is 1. The molecule has 0 unspecified atom stereocenters. The molecule has 1 aliphatic heterocycles. The Morgan fingerprint density at radius 2 is 2.00 bits per heavy atom. The van der Waals surface area contributed by atoms with Gasteiger partial charge in [-0.1, -0.05) is 0 Å². The number of imidazole rings is 1. The third-order valence-corrected chi connectivity index (χ3v) is 6.92. The summed E-state index contributed by atoms with van der Waals surface area (Å²) in [6, 6.07) is 10.3. The van der Waals surface area contributed by atoms with E-state index in [1.54, 1.807) is 6.07 Å². The molecule has 3 aromatic rings. The average Bonchev–Trinajstić information content (AvgIpc) is 3.07. The molecule has 144 valence electrons. The Kier molecular flexibility index (Phi) is 5.89. The number of hydrogen-bond donors (Lipinski definition) is 1. The Balaban J connectivity index is 1.57. The van der Waals surface area contributed by atoms with Gasteiger partial charge in [0.2, 0.25) is 0 Å². The first-order valence-corrected chi connectivity index (χ1v) is 11.6. The van der Waals surface area contributed by atoms with Gasteiger partial charge in [0.25, 0.3) is 0 Å². The van der Waals surface area contributed by atoms with Crippen LogP contribution in [-0.2, 0) is 4.79 Å². The maximum atomic E-state index is 11.1. The topological polar surface area (TPSA) is 71.1 Å². The fraction of sp³-hybridized carbons (Fsp3) is 0.316. The zero-order chi connectivity index (χ0) is 19.7. The summed E-state index contributed by atoms with van der Waals surface area (Å²) in [6.45, 7) is 3.50. The van der Waals surface area contributed by atoms with Gasteiger partial charge in [0.1, 0.15) is 0 Å². The molecule has 28 heavy (non-hydrogen) atoms. The molecular formula is C19H18BClIN4O2-. The van der Waals surface area contributed by atoms with Crippen LogP contribution in [0, 0.1) is 0 Å². The van der Waals surface area contributed by atoms with Gasteiger partial charge in [-0.15, -0.1) is 0 Å². The fourth-order valence-electron chi connectivity index (χ4n) is 3.47. The summed E-state index contributed by atoms with van der Waals surface area (Å²) >= 11 is 6.15. The van der Waals surface area contributed by atoms with Gasteiger partial charge in [0.05, 0.1) is 0 Å². The standard InChI is InChI=1S/C19H18BClIN4O2/c1-11(27)28-19-23-16-10-15(21)17(24-18(16)25-19)14-4-2-12(3-5-14)13-6-8-26(22-20)9-7-13/h2-5,10,13H,6-9H2,1H3,(H,23,24,25)/q-1. The second-order valence-corrected chi connectivity index (χ2v) is 9.06. The number of pyridine rings is 1. The Bertz CT molecular complexity index is 1000. The Hall–Kier alpha value is -1.65. The van der Waals surface area contributed by atoms with Crippen molar-refractivity contribution in [1.82, 2.24) is 18.1 Å². The van der Waals surface area contributed by atoms with Gasteiger partial charge in [-0.2, -0.15) is 0 Å². The molecule has 1 aromatic carbocycles. The third kappa shape index (κ3) is 4.18. The van der Waals surface area contributed by atoms with Crippen molar-refractivity contribution in [2.24, 2.45) is 0 Å². The van der Waals surface area contributed by atoms with Crippen molar-refractivity contribution in [3.63, 3.8) is 0 Å². The van der Waals surface area contributed by atoms with Crippen molar-refractivity contribution in [3.8, 4) is 17.3 Å². The summed E-state index contributed by atoms with van der Waals surface area (Å²) in [5, 5.41) is 0.512. The van der Waals surface area contributed by atoms with Crippen LogP contribution >= 0.6 is 11.6 Å². The van der Waals surface area contributed by atoms with E-state index in [-0.39, 0.29) is 27.3 Å². The van der Waals surface area contributed by atoms with Crippen LogP contribution in [0.15, 0.2) is 30.3 Å². The predicted octanol–water partition coefficient (Wildman–Crippen LogP) is 0.470. The van der Waals surface area contributed by atoms with E-state index < -0.39 is 5.97 Å². The van der Waals surface area contributed by atoms with Crippen LogP contribution in [0.25, 0.3) is 22.4 Å². The predicted molar refractivity (Wildman–Crippen MR) is 105 cm³/mol. The molecule has 0 bridgehead atoms. The molecule has 6 nitrogen and oxygen atoms in total. The van der Waals surface area contributed by atoms with Gasteiger partial charge < -0.3 is 9.72 Å². The monoisotopic (exact) mass is 507 g/mol. The minimum absolute atomic E-state index is 0.116. The minimum atomic E-state index is -0.444. The van der Waals surface area contributed by atoms with Crippen LogP contribution in [-0.4, -0.2) is 42.8 Å². The third-order valence-electron chi connectivity index (χ3n) is 4.88. The molecular weight excluding hydrogens is 489 g/mol. The SMILES string of the molecule is [B][I-]N1CCC(c2ccc(-c3nc4nc(OC(C)=O)[nH]c4cc3Cl)cc2)CC1. The second kappa shape index (κ2) is 8.38. The van der Waals surface area contributed by atoms with Crippen molar-refractivity contribution in [1.29, 1.82) is 0 Å². The van der Waals surface area contributed by atoms with Crippen molar-refractivity contribution in [3.05, 3.63) is 40.9 Å². The normalized spacial score (nSPS) is 15.9. The van der Waals surface area contributed by atoms with Gasteiger partial charge in [0, 0.05) is 6.92 Å². The molecule has 0 atom stereocenters. The molecule has 0 amide bonds. The number of ether oxygens (including phenoxy) is 1. The number of piperidine rings is 1. The Morgan fingerprint density at radius 1 is 1.29 bits per heavy atom. The molecule has 9 heteroatoms. The van der Waals surface area contributed by atoms with E-state index in [0.717, 1.165) is 31.5 Å². The summed E-state index contributed by atoms with van der Waals surface area (Å²) in [6.07, 6.45) is 2.29. The number of hydrogen-bond acceptors (Lipinski definition) is 5. The molecule has 0 spiro atoms. The van der Waals surface area contributed by atoms with Gasteiger partial charge in [-0.25, -0.2) is 0 Å². The summed E-state index contributed by atoms with van der Waals surface area (Å²) < 4.78 is 7.37. The first-order valence-electron chi connectivity index (χ1n) is 8.97. The number of halogens is 2. The number of aromatic nitrogens is 3. The second-order valence-electron chi connectivity index (χ2n) is 6.73. The fourth-order valence-corrected chi connectivity index (χ4v) is 4.85. The van der Waals surface area contributed by atoms with Crippen LogP contribution in [0.2, 0.25) is 5.02 Å². The summed E-state index contributed by atoms with van der Waals surface area (Å²) in [5.74, 6) is 0.129. The van der Waals surface area contributed by atoms with E-state index in [2.05, 4.69) is 42.3 Å². The van der Waals surface area contributed by atoms with Crippen LogP contribution in [0.3, 0.4) is 0 Å². The molecule has 2 radical (unpaired) electrons. The number of carbonyl (C=O) groups excluding carboxylic acids is 1. The van der Waals surface area contributed by atoms with Crippen molar-refractivity contribution >= 4 is 34.4 Å². The summed E-state index contributed by atoms with van der Waals surface area (Å²) in [7, 11) is 0. The molecule has 0 aliphatic carbocycles. The number of nitrogens with one attached hydrogen (secondary N) is 1. The molecule has 1 N–H and O–H groups in total. The van der Waals surface area contributed by atoms with Crippen LogP contribution < -0.4 is 26.0 Å². The number of nitrogens with zero attached hydrogens (tertiary/aromatic N) is 3. The molecule has 1 aliphatic rings. The van der Waals surface area contributed by atoms with E-state index in [0.29, 0.717) is 27.8 Å². The molecule has 3 heterocycles. The van der Waals surface area contributed by atoms with Crippen LogP contribution in [0.4, 0.5) is 0 Å². The van der Waals surface area contributed by atoms with Gasteiger partial charge in [0.15, 0.2) is 0 Å². The number of aromatic amines is 1. The van der Waals surface area contributed by atoms with Gasteiger partial charge in [-0.05, 0) is 0 Å². The summed E-state index contributed by atoms with van der Waals surface area (Å²) in [4.78, 5) is 22.8. The van der Waals surface area contributed by atoms with Crippen LogP contribution in [0.5, 0.6) is 6.01 Å². The Morgan fingerprint density at radius 3 is 2.64 bits per heavy atom. The average molecular weight is 508 g/mol. The number of H-pyrrole nitrogens is 1. The zero-order valence-corrected chi connectivity index (χ0v) is 18.2. The van der Waals surface area contributed by atoms with E-state index in [9.17, 15) is 4.79 Å². The first kappa shape index (κ1) is 19.7. The number of benzene rings is 1. The first-order chi connectivity index (χ1) is 13.5. The van der Waals surface area contributed by atoms with Gasteiger partial charge >= 0.3 is 159 Å². The molecule has 2 aromatic heterocycles. The molecule has 4 rings (SSSR count). The summed E-state index contributed by atoms with van der Waals surface area (Å²) in [5.41, 5.74) is 9.84. The van der Waals surface area contributed by atoms with E-state index >= 15 is 0 Å². The number of fused-ring (bicyclic) bond motifs is 1. The quantitative estimate of drug-likeness (QED) is 0.241. The van der Waals surface area contributed by atoms with E-state index in [1.165, 1.54) is 12.5 Å². The van der Waals surface area contributed by atoms with E-state index in [1.807, 2.05) is 0 Å². The van der Waals surface area contributed by atoms with Crippen molar-refractivity contribution < 1.29 is 30.8 Å². The van der Waals surface area contributed by atoms with Crippen molar-refractivity contribution in [2.45, 2.75) is 25.7 Å². The number of rotatable bonds is 4. The molecule has 1 saturated heterocycles. The zero-order valence-electron chi connectivity index (χ0n) is 15.3. The van der Waals surface area contributed by atoms with Crippen LogP contribution in [0.1, 0.15) is 31.2 Å². The van der Waals surface area contributed by atoms with Gasteiger partial charge in [-0.3, -0.25) is 4.79 Å². The van der Waals surface area contributed by atoms with E-state index in [4.69, 9.17) is 22.0 Å².